The van der Waals surface area contributed by atoms with Gasteiger partial charge in [-0.15, -0.1) is 0 Å². The summed E-state index contributed by atoms with van der Waals surface area (Å²) in [5.41, 5.74) is 11.4. The monoisotopic (exact) mass is 518 g/mol. The van der Waals surface area contributed by atoms with Crippen molar-refractivity contribution in [2.75, 3.05) is 30.7 Å². The number of amides is 1. The fraction of sp³-hybridized carbons (Fsp3) is 0.581. The zero-order valence-electron chi connectivity index (χ0n) is 22.7. The number of carbonyl (C=O) groups excluding carboxylic acids is 2. The Kier molecular flexibility index (Phi) is 8.50. The molecule has 6 heterocycles. The van der Waals surface area contributed by atoms with Gasteiger partial charge in [0, 0.05) is 37.7 Å². The second-order valence-corrected chi connectivity index (χ2v) is 11.3. The molecular weight excluding hydrogens is 476 g/mol. The van der Waals surface area contributed by atoms with Crippen LogP contribution < -0.4 is 11.1 Å². The Morgan fingerprint density at radius 3 is 2.71 bits per heavy atom. The van der Waals surface area contributed by atoms with Crippen molar-refractivity contribution in [3.05, 3.63) is 52.7 Å². The zero-order valence-corrected chi connectivity index (χ0v) is 22.7. The molecule has 1 fully saturated rings. The van der Waals surface area contributed by atoms with E-state index in [0.29, 0.717) is 30.6 Å². The summed E-state index contributed by atoms with van der Waals surface area (Å²) in [6.07, 6.45) is 12.0. The van der Waals surface area contributed by atoms with Crippen LogP contribution in [-0.2, 0) is 27.3 Å². The summed E-state index contributed by atoms with van der Waals surface area (Å²) in [6.45, 7) is 4.43. The molecule has 7 bridgehead atoms. The first-order valence-corrected chi connectivity index (χ1v) is 14.6. The lowest BCUT2D eigenvalue weighted by Gasteiger charge is -2.35. The van der Waals surface area contributed by atoms with Crippen molar-refractivity contribution in [1.29, 1.82) is 0 Å². The number of anilines is 2. The van der Waals surface area contributed by atoms with Crippen LogP contribution in [0.4, 0.5) is 11.5 Å². The lowest BCUT2D eigenvalue weighted by atomic mass is 9.79. The first kappa shape index (κ1) is 26.5. The van der Waals surface area contributed by atoms with Gasteiger partial charge in [0.15, 0.2) is 0 Å². The summed E-state index contributed by atoms with van der Waals surface area (Å²) < 4.78 is 5.32. The third kappa shape index (κ3) is 6.13. The number of nitrogens with zero attached hydrogens (tertiary/aromatic N) is 2. The van der Waals surface area contributed by atoms with Gasteiger partial charge in [0.05, 0.1) is 18.7 Å². The molecule has 1 aliphatic carbocycles. The maximum atomic E-state index is 13.5. The van der Waals surface area contributed by atoms with E-state index < -0.39 is 0 Å². The van der Waals surface area contributed by atoms with Gasteiger partial charge in [-0.2, -0.15) is 0 Å². The van der Waals surface area contributed by atoms with Gasteiger partial charge in [0.2, 0.25) is 5.91 Å². The average Bonchev–Trinajstić information content (AvgIpc) is 2.93. The molecule has 1 unspecified atom stereocenters. The van der Waals surface area contributed by atoms with E-state index in [2.05, 4.69) is 33.4 Å². The normalized spacial score (nSPS) is 24.1. The number of aromatic nitrogens is 1. The van der Waals surface area contributed by atoms with Gasteiger partial charge in [-0.1, -0.05) is 37.5 Å². The second-order valence-electron chi connectivity index (χ2n) is 11.3. The third-order valence-electron chi connectivity index (χ3n) is 8.75. The highest BCUT2D eigenvalue weighted by Crippen LogP contribution is 2.36. The molecule has 204 valence electrons. The van der Waals surface area contributed by atoms with Crippen molar-refractivity contribution in [3.8, 4) is 0 Å². The Morgan fingerprint density at radius 2 is 1.92 bits per heavy atom. The first-order valence-electron chi connectivity index (χ1n) is 14.6. The van der Waals surface area contributed by atoms with Gasteiger partial charge in [-0.25, -0.2) is 4.98 Å². The van der Waals surface area contributed by atoms with Crippen LogP contribution in [0.5, 0.6) is 0 Å². The molecule has 5 aliphatic heterocycles. The molecule has 1 amide bonds. The van der Waals surface area contributed by atoms with Gasteiger partial charge in [0.1, 0.15) is 5.82 Å². The van der Waals surface area contributed by atoms with Crippen LogP contribution in [0.2, 0.25) is 0 Å². The Hall–Kier alpha value is -3.09. The van der Waals surface area contributed by atoms with Crippen molar-refractivity contribution >= 4 is 23.4 Å². The average molecular weight is 519 g/mol. The quantitative estimate of drug-likeness (QED) is 0.526. The maximum Gasteiger partial charge on any atom is 0.306 e. The smallest absolute Gasteiger partial charge is 0.306 e. The Morgan fingerprint density at radius 1 is 1.08 bits per heavy atom. The molecule has 6 aliphatic rings. The molecule has 1 aromatic heterocycles. The lowest BCUT2D eigenvalue weighted by Crippen LogP contribution is -2.41. The highest BCUT2D eigenvalue weighted by atomic mass is 16.5. The Bertz CT molecular complexity index is 1140. The minimum atomic E-state index is -0.242. The van der Waals surface area contributed by atoms with Crippen LogP contribution in [0.3, 0.4) is 0 Å². The SMILES string of the molecule is CCOC(=O)CC1c2cnc(c(N)c2)NCCCCCC2CCC(CC2)C(=O)N2CCc3ccc1cc3C2. The van der Waals surface area contributed by atoms with Crippen molar-refractivity contribution < 1.29 is 14.3 Å². The summed E-state index contributed by atoms with van der Waals surface area (Å²) in [4.78, 5) is 32.8. The van der Waals surface area contributed by atoms with E-state index in [1.54, 1.807) is 0 Å². The summed E-state index contributed by atoms with van der Waals surface area (Å²) in [6, 6.07) is 8.40. The number of hydrogen-bond acceptors (Lipinski definition) is 6. The number of esters is 1. The van der Waals surface area contributed by atoms with Gasteiger partial charge in [-0.3, -0.25) is 9.59 Å². The molecule has 7 nitrogen and oxygen atoms in total. The molecule has 0 radical (unpaired) electrons. The maximum absolute atomic E-state index is 13.5. The van der Waals surface area contributed by atoms with E-state index in [9.17, 15) is 9.59 Å². The number of benzene rings is 1. The van der Waals surface area contributed by atoms with Crippen LogP contribution in [0, 0.1) is 11.8 Å². The number of pyridine rings is 1. The largest absolute Gasteiger partial charge is 0.466 e. The molecule has 3 N–H and O–H groups in total. The van der Waals surface area contributed by atoms with E-state index in [4.69, 9.17) is 10.5 Å². The standard InChI is InChI=1S/C31H42N4O3/c1-2-38-29(36)18-27-24-12-11-22-13-15-35(20-26(22)16-24)31(37)23-9-7-21(8-10-23)6-4-3-5-14-33-30-28(32)17-25(27)19-34-30/h11-12,16-17,19,21,23,27H,2-10,13-15,18,20,32H2,1H3,(H,33,34). The van der Waals surface area contributed by atoms with Gasteiger partial charge in [0.25, 0.3) is 0 Å². The predicted octanol–water partition coefficient (Wildman–Crippen LogP) is 5.43. The molecule has 38 heavy (non-hydrogen) atoms. The van der Waals surface area contributed by atoms with Crippen LogP contribution >= 0.6 is 0 Å². The number of nitrogens with two attached hydrogens (primary N) is 1. The first-order chi connectivity index (χ1) is 18.5. The fourth-order valence-corrected chi connectivity index (χ4v) is 6.53. The number of carbonyl (C=O) groups is 2. The Labute approximate surface area is 226 Å². The van der Waals surface area contributed by atoms with Crippen molar-refractivity contribution in [2.45, 2.75) is 83.6 Å². The molecule has 7 heteroatoms. The molecule has 8 rings (SSSR count). The lowest BCUT2D eigenvalue weighted by molar-refractivity contribution is -0.143. The van der Waals surface area contributed by atoms with E-state index >= 15 is 0 Å². The van der Waals surface area contributed by atoms with Gasteiger partial charge >= 0.3 is 5.97 Å². The van der Waals surface area contributed by atoms with E-state index in [-0.39, 0.29) is 24.2 Å². The number of nitrogens with one attached hydrogen (secondary N) is 1. The highest BCUT2D eigenvalue weighted by molar-refractivity contribution is 5.79. The fourth-order valence-electron chi connectivity index (χ4n) is 6.53. The molecule has 0 spiro atoms. The highest BCUT2D eigenvalue weighted by Gasteiger charge is 2.31. The summed E-state index contributed by atoms with van der Waals surface area (Å²) in [5.74, 6) is 1.48. The summed E-state index contributed by atoms with van der Waals surface area (Å²) >= 11 is 0. The minimum Gasteiger partial charge on any atom is -0.466 e. The molecule has 0 saturated heterocycles. The van der Waals surface area contributed by atoms with Gasteiger partial charge < -0.3 is 20.7 Å². The summed E-state index contributed by atoms with van der Waals surface area (Å²) in [5, 5.41) is 3.40. The number of rotatable bonds is 3. The van der Waals surface area contributed by atoms with Crippen molar-refractivity contribution in [3.63, 3.8) is 0 Å². The van der Waals surface area contributed by atoms with Crippen LogP contribution in [0.1, 0.15) is 92.9 Å². The van der Waals surface area contributed by atoms with Crippen LogP contribution in [-0.4, -0.2) is 41.5 Å². The molecule has 1 saturated carbocycles. The number of nitrogen functional groups attached to an aromatic ring is 1. The van der Waals surface area contributed by atoms with E-state index in [0.717, 1.165) is 55.8 Å². The van der Waals surface area contributed by atoms with Gasteiger partial charge in [-0.05, 0) is 79.7 Å². The molecule has 1 atom stereocenters. The second kappa shape index (κ2) is 12.2. The minimum absolute atomic E-state index is 0.165. The summed E-state index contributed by atoms with van der Waals surface area (Å²) in [7, 11) is 0. The van der Waals surface area contributed by atoms with Crippen LogP contribution in [0.15, 0.2) is 30.5 Å². The molecule has 1 aromatic carbocycles. The molecular formula is C31H42N4O3. The molecule has 2 aromatic rings. The van der Waals surface area contributed by atoms with E-state index in [1.807, 2.05) is 19.2 Å². The zero-order chi connectivity index (χ0) is 26.5. The van der Waals surface area contributed by atoms with E-state index in [1.165, 1.54) is 43.2 Å². The van der Waals surface area contributed by atoms with Crippen molar-refractivity contribution in [1.82, 2.24) is 9.88 Å². The topological polar surface area (TPSA) is 97.5 Å². The number of hydrogen-bond donors (Lipinski definition) is 2. The van der Waals surface area contributed by atoms with Crippen LogP contribution in [0.25, 0.3) is 0 Å². The van der Waals surface area contributed by atoms with Crippen molar-refractivity contribution in [2.24, 2.45) is 11.8 Å². The third-order valence-corrected chi connectivity index (χ3v) is 8.75. The predicted molar refractivity (Wildman–Crippen MR) is 150 cm³/mol. The Balaban J connectivity index is 1.46. The number of ether oxygens (including phenoxy) is 1.